The maximum Gasteiger partial charge on any atom is 0.226 e. The number of hydrogen-bond donors (Lipinski definition) is 2. The van der Waals surface area contributed by atoms with Gasteiger partial charge in [-0.2, -0.15) is 0 Å². The molecule has 3 atom stereocenters. The van der Waals surface area contributed by atoms with Crippen LogP contribution >= 0.6 is 0 Å². The molecule has 1 aliphatic carbocycles. The molecular formula is C24H28FN3O2. The van der Waals surface area contributed by atoms with Gasteiger partial charge in [0.25, 0.3) is 0 Å². The van der Waals surface area contributed by atoms with Crippen LogP contribution in [0.2, 0.25) is 0 Å². The monoisotopic (exact) mass is 409 g/mol. The van der Waals surface area contributed by atoms with Crippen LogP contribution in [0.3, 0.4) is 0 Å². The molecule has 1 saturated heterocycles. The molecule has 0 radical (unpaired) electrons. The summed E-state index contributed by atoms with van der Waals surface area (Å²) in [5.74, 6) is -0.797. The van der Waals surface area contributed by atoms with E-state index in [2.05, 4.69) is 21.6 Å². The fourth-order valence-corrected chi connectivity index (χ4v) is 4.25. The SMILES string of the molecule is CC(CC(=O)Nc1cccc(N2CCCC2)c1)NC(=O)C1CC1c1ccccc1F. The molecule has 3 unspecified atom stereocenters. The molecular weight excluding hydrogens is 381 g/mol. The van der Waals surface area contributed by atoms with E-state index >= 15 is 0 Å². The van der Waals surface area contributed by atoms with Gasteiger partial charge < -0.3 is 15.5 Å². The van der Waals surface area contributed by atoms with Gasteiger partial charge in [0.05, 0.1) is 0 Å². The number of nitrogens with zero attached hydrogens (tertiary/aromatic N) is 1. The summed E-state index contributed by atoms with van der Waals surface area (Å²) >= 11 is 0. The number of hydrogen-bond acceptors (Lipinski definition) is 3. The Morgan fingerprint density at radius 2 is 1.90 bits per heavy atom. The Balaban J connectivity index is 1.26. The summed E-state index contributed by atoms with van der Waals surface area (Å²) in [4.78, 5) is 27.2. The maximum absolute atomic E-state index is 13.9. The Morgan fingerprint density at radius 1 is 1.13 bits per heavy atom. The summed E-state index contributed by atoms with van der Waals surface area (Å²) in [5.41, 5.74) is 2.49. The fraction of sp³-hybridized carbons (Fsp3) is 0.417. The zero-order valence-corrected chi connectivity index (χ0v) is 17.2. The van der Waals surface area contributed by atoms with E-state index in [0.717, 1.165) is 24.5 Å². The van der Waals surface area contributed by atoms with Crippen molar-refractivity contribution in [1.29, 1.82) is 0 Å². The predicted octanol–water partition coefficient (Wildman–Crippen LogP) is 4.06. The zero-order chi connectivity index (χ0) is 21.1. The van der Waals surface area contributed by atoms with Crippen LogP contribution in [0, 0.1) is 11.7 Å². The molecule has 5 nitrogen and oxygen atoms in total. The van der Waals surface area contributed by atoms with E-state index in [4.69, 9.17) is 0 Å². The van der Waals surface area contributed by atoms with Gasteiger partial charge in [0.15, 0.2) is 0 Å². The van der Waals surface area contributed by atoms with Crippen molar-refractivity contribution in [2.75, 3.05) is 23.3 Å². The van der Waals surface area contributed by atoms with E-state index < -0.39 is 0 Å². The zero-order valence-electron chi connectivity index (χ0n) is 17.2. The average molecular weight is 410 g/mol. The Morgan fingerprint density at radius 3 is 2.67 bits per heavy atom. The van der Waals surface area contributed by atoms with Crippen LogP contribution in [0.25, 0.3) is 0 Å². The fourth-order valence-electron chi connectivity index (χ4n) is 4.25. The second-order valence-corrected chi connectivity index (χ2v) is 8.38. The molecule has 30 heavy (non-hydrogen) atoms. The highest BCUT2D eigenvalue weighted by molar-refractivity contribution is 5.92. The van der Waals surface area contributed by atoms with Gasteiger partial charge in [-0.1, -0.05) is 24.3 Å². The van der Waals surface area contributed by atoms with Crippen LogP contribution < -0.4 is 15.5 Å². The number of benzene rings is 2. The van der Waals surface area contributed by atoms with E-state index in [9.17, 15) is 14.0 Å². The minimum Gasteiger partial charge on any atom is -0.371 e. The van der Waals surface area contributed by atoms with Crippen LogP contribution in [-0.2, 0) is 9.59 Å². The molecule has 2 aliphatic rings. The number of halogens is 1. The summed E-state index contributed by atoms with van der Waals surface area (Å²) in [6.45, 7) is 3.92. The number of amides is 2. The van der Waals surface area contributed by atoms with E-state index in [1.54, 1.807) is 18.2 Å². The number of carbonyl (C=O) groups is 2. The first-order chi connectivity index (χ1) is 14.5. The second-order valence-electron chi connectivity index (χ2n) is 8.38. The van der Waals surface area contributed by atoms with Gasteiger partial charge in [0.1, 0.15) is 5.82 Å². The van der Waals surface area contributed by atoms with Crippen molar-refractivity contribution in [3.63, 3.8) is 0 Å². The molecule has 0 spiro atoms. The van der Waals surface area contributed by atoms with Crippen LogP contribution in [-0.4, -0.2) is 30.9 Å². The van der Waals surface area contributed by atoms with E-state index in [1.165, 1.54) is 18.9 Å². The molecule has 1 saturated carbocycles. The quantitative estimate of drug-likeness (QED) is 0.725. The Labute approximate surface area is 176 Å². The lowest BCUT2D eigenvalue weighted by Gasteiger charge is -2.19. The Bertz CT molecular complexity index is 926. The van der Waals surface area contributed by atoms with Crippen LogP contribution in [0.4, 0.5) is 15.8 Å². The minimum absolute atomic E-state index is 0.0689. The molecule has 1 aliphatic heterocycles. The second kappa shape index (κ2) is 8.86. The molecule has 4 rings (SSSR count). The maximum atomic E-state index is 13.9. The molecule has 2 aromatic rings. The molecule has 158 valence electrons. The standard InChI is InChI=1S/C24H28FN3O2/c1-16(26-24(30)21-15-20(21)19-9-2-3-10-22(19)25)13-23(29)27-17-7-6-8-18(14-17)28-11-4-5-12-28/h2-3,6-10,14,16,20-21H,4-5,11-13,15H2,1H3,(H,26,30)(H,27,29). The van der Waals surface area contributed by atoms with Crippen molar-refractivity contribution in [2.45, 2.75) is 44.6 Å². The van der Waals surface area contributed by atoms with Gasteiger partial charge in [-0.05, 0) is 61.9 Å². The number of carbonyl (C=O) groups excluding carboxylic acids is 2. The topological polar surface area (TPSA) is 61.4 Å². The Kier molecular flexibility index (Phi) is 6.02. The molecule has 0 aromatic heterocycles. The third-order valence-electron chi connectivity index (χ3n) is 5.91. The van der Waals surface area contributed by atoms with Crippen molar-refractivity contribution < 1.29 is 14.0 Å². The summed E-state index contributed by atoms with van der Waals surface area (Å²) in [6, 6.07) is 14.2. The normalized spacial score (nSPS) is 21.2. The van der Waals surface area contributed by atoms with Crippen molar-refractivity contribution >= 4 is 23.2 Å². The van der Waals surface area contributed by atoms with E-state index in [0.29, 0.717) is 12.0 Å². The van der Waals surface area contributed by atoms with Crippen LogP contribution in [0.5, 0.6) is 0 Å². The number of anilines is 2. The summed E-state index contributed by atoms with van der Waals surface area (Å²) in [7, 11) is 0. The van der Waals surface area contributed by atoms with E-state index in [1.807, 2.05) is 25.1 Å². The van der Waals surface area contributed by atoms with Gasteiger partial charge in [-0.25, -0.2) is 4.39 Å². The van der Waals surface area contributed by atoms with Gasteiger partial charge >= 0.3 is 0 Å². The predicted molar refractivity (Wildman–Crippen MR) is 116 cm³/mol. The third kappa shape index (κ3) is 4.81. The van der Waals surface area contributed by atoms with Gasteiger partial charge in [-0.3, -0.25) is 9.59 Å². The van der Waals surface area contributed by atoms with Crippen LogP contribution in [0.15, 0.2) is 48.5 Å². The highest BCUT2D eigenvalue weighted by Gasteiger charge is 2.45. The van der Waals surface area contributed by atoms with Gasteiger partial charge in [-0.15, -0.1) is 0 Å². The third-order valence-corrected chi connectivity index (χ3v) is 5.91. The smallest absolute Gasteiger partial charge is 0.226 e. The highest BCUT2D eigenvalue weighted by atomic mass is 19.1. The first-order valence-electron chi connectivity index (χ1n) is 10.7. The minimum atomic E-state index is -0.291. The molecule has 2 fully saturated rings. The van der Waals surface area contributed by atoms with Gasteiger partial charge in [0, 0.05) is 42.8 Å². The molecule has 6 heteroatoms. The molecule has 2 amide bonds. The largest absolute Gasteiger partial charge is 0.371 e. The number of nitrogens with one attached hydrogen (secondary N) is 2. The van der Waals surface area contributed by atoms with Crippen molar-refractivity contribution in [1.82, 2.24) is 5.32 Å². The lowest BCUT2D eigenvalue weighted by Crippen LogP contribution is -2.36. The molecule has 1 heterocycles. The lowest BCUT2D eigenvalue weighted by atomic mass is 10.1. The van der Waals surface area contributed by atoms with Crippen molar-refractivity contribution in [3.8, 4) is 0 Å². The van der Waals surface area contributed by atoms with Crippen molar-refractivity contribution in [2.24, 2.45) is 5.92 Å². The first-order valence-corrected chi connectivity index (χ1v) is 10.7. The first kappa shape index (κ1) is 20.4. The highest BCUT2D eigenvalue weighted by Crippen LogP contribution is 2.48. The Hall–Kier alpha value is -2.89. The van der Waals surface area contributed by atoms with E-state index in [-0.39, 0.29) is 41.9 Å². The van der Waals surface area contributed by atoms with Crippen molar-refractivity contribution in [3.05, 3.63) is 59.9 Å². The lowest BCUT2D eigenvalue weighted by molar-refractivity contribution is -0.123. The summed E-state index contributed by atoms with van der Waals surface area (Å²) in [6.07, 6.45) is 3.24. The van der Waals surface area contributed by atoms with Crippen LogP contribution in [0.1, 0.15) is 44.1 Å². The summed E-state index contributed by atoms with van der Waals surface area (Å²) in [5, 5.41) is 5.83. The van der Waals surface area contributed by atoms with Gasteiger partial charge in [0.2, 0.25) is 11.8 Å². The average Bonchev–Trinajstić information content (AvgIpc) is 3.32. The molecule has 2 N–H and O–H groups in total. The number of rotatable bonds is 7. The molecule has 0 bridgehead atoms. The molecule has 2 aromatic carbocycles. The summed E-state index contributed by atoms with van der Waals surface area (Å²) < 4.78 is 13.9.